The first-order valence-corrected chi connectivity index (χ1v) is 8.16. The number of benzene rings is 1. The topological polar surface area (TPSA) is 49.7 Å². The molecular weight excluding hydrogens is 305 g/mol. The summed E-state index contributed by atoms with van der Waals surface area (Å²) in [5, 5.41) is 4.57. The molecule has 0 aliphatic carbocycles. The van der Waals surface area contributed by atoms with Gasteiger partial charge in [-0.25, -0.2) is 14.1 Å². The van der Waals surface area contributed by atoms with Crippen molar-refractivity contribution in [3.63, 3.8) is 0 Å². The maximum absolute atomic E-state index is 13.1. The smallest absolute Gasteiger partial charge is 0.123 e. The minimum Gasteiger partial charge on any atom is -0.345 e. The highest BCUT2D eigenvalue weighted by Crippen LogP contribution is 2.20. The molecule has 1 N–H and O–H groups in total. The van der Waals surface area contributed by atoms with Crippen LogP contribution in [0.4, 0.5) is 4.39 Å². The molecule has 3 heterocycles. The van der Waals surface area contributed by atoms with Crippen molar-refractivity contribution >= 4 is 0 Å². The largest absolute Gasteiger partial charge is 0.345 e. The van der Waals surface area contributed by atoms with Gasteiger partial charge in [0.15, 0.2) is 0 Å². The fourth-order valence-corrected chi connectivity index (χ4v) is 3.25. The second-order valence-corrected chi connectivity index (χ2v) is 6.37. The SMILES string of the molecule is Cc1nc2c([nH]1)CN(Cc1cn(-c3ccc(F)cc3)nc1C)CC2. The standard InChI is InChI=1S/C18H20FN5/c1-12-14(10-24(22-12)16-5-3-15(19)4-6-16)9-23-8-7-17-18(11-23)21-13(2)20-17/h3-6,10H,7-9,11H2,1-2H3,(H,20,21). The number of aromatic amines is 1. The Hall–Kier alpha value is -2.47. The molecule has 0 radical (unpaired) electrons. The minimum absolute atomic E-state index is 0.234. The first kappa shape index (κ1) is 15.1. The van der Waals surface area contributed by atoms with E-state index >= 15 is 0 Å². The summed E-state index contributed by atoms with van der Waals surface area (Å²) < 4.78 is 14.9. The number of halogens is 1. The van der Waals surface area contributed by atoms with Crippen molar-refractivity contribution in [2.24, 2.45) is 0 Å². The van der Waals surface area contributed by atoms with Crippen LogP contribution in [-0.4, -0.2) is 31.2 Å². The summed E-state index contributed by atoms with van der Waals surface area (Å²) in [7, 11) is 0. The molecule has 2 aromatic heterocycles. The van der Waals surface area contributed by atoms with Crippen LogP contribution in [0, 0.1) is 19.7 Å². The van der Waals surface area contributed by atoms with Gasteiger partial charge in [0, 0.05) is 37.8 Å². The third kappa shape index (κ3) is 2.85. The second-order valence-electron chi connectivity index (χ2n) is 6.37. The summed E-state index contributed by atoms with van der Waals surface area (Å²) in [6.07, 6.45) is 3.01. The van der Waals surface area contributed by atoms with E-state index in [4.69, 9.17) is 0 Å². The van der Waals surface area contributed by atoms with Crippen molar-refractivity contribution in [2.75, 3.05) is 6.54 Å². The second kappa shape index (κ2) is 5.87. The lowest BCUT2D eigenvalue weighted by Crippen LogP contribution is -2.30. The van der Waals surface area contributed by atoms with Gasteiger partial charge >= 0.3 is 0 Å². The number of aryl methyl sites for hydroxylation is 2. The molecule has 124 valence electrons. The lowest BCUT2D eigenvalue weighted by molar-refractivity contribution is 0.241. The van der Waals surface area contributed by atoms with Gasteiger partial charge < -0.3 is 4.98 Å². The Labute approximate surface area is 140 Å². The van der Waals surface area contributed by atoms with Crippen LogP contribution in [0.15, 0.2) is 30.5 Å². The fraction of sp³-hybridized carbons (Fsp3) is 0.333. The molecule has 4 rings (SSSR count). The van der Waals surface area contributed by atoms with Gasteiger partial charge in [0.05, 0.1) is 22.8 Å². The zero-order valence-corrected chi connectivity index (χ0v) is 13.9. The van der Waals surface area contributed by atoms with Crippen molar-refractivity contribution < 1.29 is 4.39 Å². The van der Waals surface area contributed by atoms with E-state index in [0.717, 1.165) is 43.3 Å². The monoisotopic (exact) mass is 325 g/mol. The predicted molar refractivity (Wildman–Crippen MR) is 89.4 cm³/mol. The summed E-state index contributed by atoms with van der Waals surface area (Å²) in [5.41, 5.74) is 5.49. The molecule has 0 saturated carbocycles. The van der Waals surface area contributed by atoms with Gasteiger partial charge in [0.2, 0.25) is 0 Å². The van der Waals surface area contributed by atoms with E-state index in [1.807, 2.05) is 24.7 Å². The molecule has 5 nitrogen and oxygen atoms in total. The van der Waals surface area contributed by atoms with E-state index in [0.29, 0.717) is 0 Å². The minimum atomic E-state index is -0.234. The molecule has 0 spiro atoms. The van der Waals surface area contributed by atoms with Crippen molar-refractivity contribution in [2.45, 2.75) is 33.4 Å². The quantitative estimate of drug-likeness (QED) is 0.805. The van der Waals surface area contributed by atoms with Gasteiger partial charge in [-0.05, 0) is 38.1 Å². The van der Waals surface area contributed by atoms with Crippen LogP contribution >= 0.6 is 0 Å². The average Bonchev–Trinajstić information content (AvgIpc) is 3.10. The molecule has 24 heavy (non-hydrogen) atoms. The van der Waals surface area contributed by atoms with Crippen LogP contribution in [0.3, 0.4) is 0 Å². The number of H-pyrrole nitrogens is 1. The number of hydrogen-bond acceptors (Lipinski definition) is 3. The van der Waals surface area contributed by atoms with Gasteiger partial charge in [-0.15, -0.1) is 0 Å². The summed E-state index contributed by atoms with van der Waals surface area (Å²) in [5.74, 6) is 0.754. The zero-order valence-electron chi connectivity index (χ0n) is 13.9. The number of fused-ring (bicyclic) bond motifs is 1. The number of rotatable bonds is 3. The number of imidazole rings is 1. The molecule has 6 heteroatoms. The molecule has 1 aliphatic rings. The lowest BCUT2D eigenvalue weighted by Gasteiger charge is -2.25. The van der Waals surface area contributed by atoms with Gasteiger partial charge in [0.25, 0.3) is 0 Å². The van der Waals surface area contributed by atoms with Crippen LogP contribution in [-0.2, 0) is 19.5 Å². The fourth-order valence-electron chi connectivity index (χ4n) is 3.25. The van der Waals surface area contributed by atoms with Gasteiger partial charge in [-0.2, -0.15) is 5.10 Å². The van der Waals surface area contributed by atoms with Crippen molar-refractivity contribution in [3.05, 3.63) is 64.7 Å². The molecule has 0 fully saturated rings. The number of nitrogens with one attached hydrogen (secondary N) is 1. The summed E-state index contributed by atoms with van der Waals surface area (Å²) in [4.78, 5) is 10.3. The Kier molecular flexibility index (Phi) is 3.69. The normalized spacial score (nSPS) is 14.8. The molecule has 1 aliphatic heterocycles. The maximum atomic E-state index is 13.1. The first-order chi connectivity index (χ1) is 11.6. The highest BCUT2D eigenvalue weighted by Gasteiger charge is 2.20. The van der Waals surface area contributed by atoms with Crippen LogP contribution in [0.1, 0.15) is 28.5 Å². The predicted octanol–water partition coefficient (Wildman–Crippen LogP) is 2.91. The van der Waals surface area contributed by atoms with Crippen LogP contribution in [0.2, 0.25) is 0 Å². The molecule has 3 aromatic rings. The Morgan fingerprint density at radius 2 is 2.00 bits per heavy atom. The zero-order chi connectivity index (χ0) is 16.7. The van der Waals surface area contributed by atoms with Crippen LogP contribution < -0.4 is 0 Å². The molecule has 1 aromatic carbocycles. The Bertz CT molecular complexity index is 862. The van der Waals surface area contributed by atoms with Crippen LogP contribution in [0.25, 0.3) is 5.69 Å². The number of hydrogen-bond donors (Lipinski definition) is 1. The molecule has 0 saturated heterocycles. The third-order valence-corrected chi connectivity index (χ3v) is 4.52. The van der Waals surface area contributed by atoms with E-state index < -0.39 is 0 Å². The first-order valence-electron chi connectivity index (χ1n) is 8.16. The molecule has 0 atom stereocenters. The summed E-state index contributed by atoms with van der Waals surface area (Å²) in [6, 6.07) is 6.40. The Balaban J connectivity index is 1.52. The highest BCUT2D eigenvalue weighted by molar-refractivity contribution is 5.33. The molecule has 0 bridgehead atoms. The van der Waals surface area contributed by atoms with Gasteiger partial charge in [-0.3, -0.25) is 4.90 Å². The molecule has 0 unspecified atom stereocenters. The maximum Gasteiger partial charge on any atom is 0.123 e. The van der Waals surface area contributed by atoms with E-state index in [2.05, 4.69) is 20.0 Å². The molecular formula is C18H20FN5. The van der Waals surface area contributed by atoms with E-state index in [1.54, 1.807) is 12.1 Å². The van der Waals surface area contributed by atoms with Gasteiger partial charge in [-0.1, -0.05) is 0 Å². The third-order valence-electron chi connectivity index (χ3n) is 4.52. The van der Waals surface area contributed by atoms with Gasteiger partial charge in [0.1, 0.15) is 11.6 Å². The van der Waals surface area contributed by atoms with Crippen molar-refractivity contribution in [3.8, 4) is 5.69 Å². The van der Waals surface area contributed by atoms with Crippen molar-refractivity contribution in [1.29, 1.82) is 0 Å². The highest BCUT2D eigenvalue weighted by atomic mass is 19.1. The Morgan fingerprint density at radius 1 is 1.21 bits per heavy atom. The van der Waals surface area contributed by atoms with Crippen LogP contribution in [0.5, 0.6) is 0 Å². The summed E-state index contributed by atoms with van der Waals surface area (Å²) >= 11 is 0. The van der Waals surface area contributed by atoms with Crippen molar-refractivity contribution in [1.82, 2.24) is 24.6 Å². The number of nitrogens with zero attached hydrogens (tertiary/aromatic N) is 4. The van der Waals surface area contributed by atoms with E-state index in [1.165, 1.54) is 29.1 Å². The average molecular weight is 325 g/mol. The Morgan fingerprint density at radius 3 is 2.79 bits per heavy atom. The van der Waals surface area contributed by atoms with E-state index in [9.17, 15) is 4.39 Å². The van der Waals surface area contributed by atoms with E-state index in [-0.39, 0.29) is 5.82 Å². The number of aromatic nitrogens is 4. The lowest BCUT2D eigenvalue weighted by atomic mass is 10.1. The molecule has 0 amide bonds. The summed E-state index contributed by atoms with van der Waals surface area (Å²) in [6.45, 7) is 6.75.